The summed E-state index contributed by atoms with van der Waals surface area (Å²) in [6.45, 7) is 4.71. The van der Waals surface area contributed by atoms with Crippen LogP contribution in [-0.4, -0.2) is 9.97 Å². The molecule has 276 valence electrons. The second-order valence-electron chi connectivity index (χ2n) is 16.5. The average molecular weight is 751 g/mol. The molecule has 0 bridgehead atoms. The van der Waals surface area contributed by atoms with E-state index >= 15 is 0 Å². The highest BCUT2D eigenvalue weighted by molar-refractivity contribution is 6.25. The Labute approximate surface area is 343 Å². The van der Waals surface area contributed by atoms with Gasteiger partial charge in [-0.05, 0) is 124 Å². The predicted octanol–water partition coefficient (Wildman–Crippen LogP) is 15.2. The van der Waals surface area contributed by atoms with Crippen LogP contribution in [-0.2, 0) is 5.41 Å². The van der Waals surface area contributed by atoms with Crippen LogP contribution in [0.2, 0.25) is 0 Å². The highest BCUT2D eigenvalue weighted by Crippen LogP contribution is 2.51. The molecule has 0 aliphatic heterocycles. The fraction of sp³-hybridized carbons (Fsp3) is 0.0526. The molecular formula is C57H38N2. The van der Waals surface area contributed by atoms with E-state index in [9.17, 15) is 0 Å². The lowest BCUT2D eigenvalue weighted by Gasteiger charge is -2.22. The van der Waals surface area contributed by atoms with E-state index in [2.05, 4.69) is 208 Å². The van der Waals surface area contributed by atoms with E-state index in [4.69, 9.17) is 9.97 Å². The highest BCUT2D eigenvalue weighted by atomic mass is 14.9. The zero-order chi connectivity index (χ0) is 39.2. The fourth-order valence-corrected chi connectivity index (χ4v) is 9.89. The third-order valence-electron chi connectivity index (χ3n) is 12.9. The van der Waals surface area contributed by atoms with Crippen LogP contribution in [0.25, 0.3) is 110 Å². The Hall–Kier alpha value is -7.42. The Balaban J connectivity index is 1.03. The Morgan fingerprint density at radius 3 is 1.51 bits per heavy atom. The molecule has 0 atom stereocenters. The highest BCUT2D eigenvalue weighted by Gasteiger charge is 2.36. The Kier molecular flexibility index (Phi) is 7.31. The van der Waals surface area contributed by atoms with Crippen LogP contribution in [0.4, 0.5) is 0 Å². The molecule has 0 saturated carbocycles. The molecule has 59 heavy (non-hydrogen) atoms. The van der Waals surface area contributed by atoms with Crippen molar-refractivity contribution in [2.45, 2.75) is 19.3 Å². The maximum Gasteiger partial charge on any atom is 0.161 e. The number of hydrogen-bond donors (Lipinski definition) is 0. The fourth-order valence-electron chi connectivity index (χ4n) is 9.89. The van der Waals surface area contributed by atoms with Gasteiger partial charge >= 0.3 is 0 Å². The lowest BCUT2D eigenvalue weighted by atomic mass is 9.81. The van der Waals surface area contributed by atoms with E-state index in [0.29, 0.717) is 5.82 Å². The van der Waals surface area contributed by atoms with Gasteiger partial charge in [0, 0.05) is 22.1 Å². The van der Waals surface area contributed by atoms with Gasteiger partial charge in [-0.3, -0.25) is 0 Å². The zero-order valence-corrected chi connectivity index (χ0v) is 32.9. The van der Waals surface area contributed by atoms with Gasteiger partial charge in [0.1, 0.15) is 0 Å². The first-order chi connectivity index (χ1) is 29.0. The molecule has 0 fully saturated rings. The number of fused-ring (bicyclic) bond motifs is 11. The number of rotatable bonds is 4. The monoisotopic (exact) mass is 750 g/mol. The Morgan fingerprint density at radius 1 is 0.305 bits per heavy atom. The molecule has 2 nitrogen and oxygen atoms in total. The summed E-state index contributed by atoms with van der Waals surface area (Å²) in [5, 5.41) is 12.4. The van der Waals surface area contributed by atoms with Gasteiger partial charge in [-0.2, -0.15) is 0 Å². The minimum absolute atomic E-state index is 0.0795. The van der Waals surface area contributed by atoms with Gasteiger partial charge in [0.05, 0.1) is 11.4 Å². The van der Waals surface area contributed by atoms with Crippen molar-refractivity contribution >= 4 is 53.9 Å². The van der Waals surface area contributed by atoms with Crippen molar-refractivity contribution in [2.75, 3.05) is 0 Å². The first kappa shape index (κ1) is 33.7. The van der Waals surface area contributed by atoms with E-state index in [1.54, 1.807) is 0 Å². The van der Waals surface area contributed by atoms with Crippen molar-refractivity contribution in [3.8, 4) is 56.2 Å². The Bertz CT molecular complexity index is 3490. The molecule has 0 radical (unpaired) electrons. The number of benzene rings is 10. The van der Waals surface area contributed by atoms with Crippen molar-refractivity contribution in [3.63, 3.8) is 0 Å². The lowest BCUT2D eigenvalue weighted by molar-refractivity contribution is 0.661. The van der Waals surface area contributed by atoms with Gasteiger partial charge in [-0.25, -0.2) is 9.97 Å². The molecule has 1 aromatic heterocycles. The molecule has 0 saturated heterocycles. The minimum Gasteiger partial charge on any atom is -0.228 e. The molecule has 1 aliphatic rings. The second-order valence-corrected chi connectivity index (χ2v) is 16.5. The van der Waals surface area contributed by atoms with Crippen LogP contribution in [0.5, 0.6) is 0 Å². The van der Waals surface area contributed by atoms with E-state index in [1.807, 2.05) is 0 Å². The third kappa shape index (κ3) is 5.20. The molecule has 0 N–H and O–H groups in total. The first-order valence-electron chi connectivity index (χ1n) is 20.5. The summed E-state index contributed by atoms with van der Waals surface area (Å²) in [6.07, 6.45) is 0. The molecule has 0 spiro atoms. The van der Waals surface area contributed by atoms with E-state index in [-0.39, 0.29) is 5.41 Å². The van der Waals surface area contributed by atoms with Crippen LogP contribution < -0.4 is 0 Å². The molecule has 2 heteroatoms. The van der Waals surface area contributed by atoms with E-state index < -0.39 is 0 Å². The summed E-state index contributed by atoms with van der Waals surface area (Å²) in [5.74, 6) is 0.712. The average Bonchev–Trinajstić information content (AvgIpc) is 3.52. The molecular weight excluding hydrogens is 713 g/mol. The van der Waals surface area contributed by atoms with E-state index in [0.717, 1.165) is 33.5 Å². The second kappa shape index (κ2) is 12.8. The molecule has 0 unspecified atom stereocenters. The predicted molar refractivity (Wildman–Crippen MR) is 249 cm³/mol. The van der Waals surface area contributed by atoms with Crippen LogP contribution in [0.1, 0.15) is 25.0 Å². The minimum atomic E-state index is -0.0795. The normalized spacial score (nSPS) is 13.1. The smallest absolute Gasteiger partial charge is 0.161 e. The van der Waals surface area contributed by atoms with Crippen molar-refractivity contribution in [3.05, 3.63) is 205 Å². The lowest BCUT2D eigenvalue weighted by Crippen LogP contribution is -2.14. The van der Waals surface area contributed by atoms with Gasteiger partial charge in [-0.15, -0.1) is 0 Å². The molecule has 1 heterocycles. The van der Waals surface area contributed by atoms with Crippen molar-refractivity contribution < 1.29 is 0 Å². The van der Waals surface area contributed by atoms with Gasteiger partial charge in [0.15, 0.2) is 5.82 Å². The number of hydrogen-bond acceptors (Lipinski definition) is 2. The summed E-state index contributed by atoms with van der Waals surface area (Å²) < 4.78 is 0. The number of nitrogens with zero attached hydrogens (tertiary/aromatic N) is 2. The van der Waals surface area contributed by atoms with Crippen LogP contribution in [0.15, 0.2) is 194 Å². The summed E-state index contributed by atoms with van der Waals surface area (Å²) >= 11 is 0. The SMILES string of the molecule is CC1(C)c2ccc(-c3ccc(-c4nc(-c5ccccc5)cc(-c5ccc6c7ccccc7c7ccccc7c6c5)n4)c4ccccc34)cc2-c2cc3ccccc3cc21. The van der Waals surface area contributed by atoms with Crippen LogP contribution in [0.3, 0.4) is 0 Å². The van der Waals surface area contributed by atoms with Crippen molar-refractivity contribution in [1.82, 2.24) is 9.97 Å². The van der Waals surface area contributed by atoms with E-state index in [1.165, 1.54) is 81.9 Å². The summed E-state index contributed by atoms with van der Waals surface area (Å²) in [7, 11) is 0. The van der Waals surface area contributed by atoms with Crippen molar-refractivity contribution in [2.24, 2.45) is 0 Å². The zero-order valence-electron chi connectivity index (χ0n) is 32.9. The Morgan fingerprint density at radius 2 is 0.814 bits per heavy atom. The van der Waals surface area contributed by atoms with Crippen LogP contribution in [0, 0.1) is 0 Å². The maximum absolute atomic E-state index is 5.40. The van der Waals surface area contributed by atoms with Gasteiger partial charge in [0.25, 0.3) is 0 Å². The largest absolute Gasteiger partial charge is 0.228 e. The standard InChI is InChI=1S/C57H38N2/c1-57(2)52-29-25-38(31-50(52)51-30-36-16-6-7-17-37(36)33-53(51)57)40-27-28-48(45-22-12-8-18-41(40)45)56-58-54(35-14-4-3-5-15-35)34-55(59-56)39-24-26-47-44-21-10-9-19-42(44)43-20-11-13-23-46(43)49(47)32-39/h3-34H,1-2H3. The number of aromatic nitrogens is 2. The molecule has 11 aromatic rings. The summed E-state index contributed by atoms with van der Waals surface area (Å²) in [5.41, 5.74) is 12.7. The topological polar surface area (TPSA) is 25.8 Å². The van der Waals surface area contributed by atoms with Crippen molar-refractivity contribution in [1.29, 1.82) is 0 Å². The summed E-state index contributed by atoms with van der Waals surface area (Å²) in [6, 6.07) is 70.7. The summed E-state index contributed by atoms with van der Waals surface area (Å²) in [4.78, 5) is 10.7. The van der Waals surface area contributed by atoms with Crippen LogP contribution >= 0.6 is 0 Å². The van der Waals surface area contributed by atoms with Gasteiger partial charge < -0.3 is 0 Å². The van der Waals surface area contributed by atoms with Gasteiger partial charge in [0.2, 0.25) is 0 Å². The molecule has 10 aromatic carbocycles. The molecule has 1 aliphatic carbocycles. The third-order valence-corrected chi connectivity index (χ3v) is 12.9. The molecule has 0 amide bonds. The quantitative estimate of drug-likeness (QED) is 0.167. The molecule has 12 rings (SSSR count). The van der Waals surface area contributed by atoms with Gasteiger partial charge in [-0.1, -0.05) is 172 Å². The maximum atomic E-state index is 5.40. The first-order valence-corrected chi connectivity index (χ1v) is 20.5.